The maximum atomic E-state index is 12.6. The van der Waals surface area contributed by atoms with E-state index in [0.717, 1.165) is 62.4 Å². The fraction of sp³-hybridized carbons (Fsp3) is 0.559. The van der Waals surface area contributed by atoms with Crippen LogP contribution >= 0.6 is 0 Å². The van der Waals surface area contributed by atoms with Crippen molar-refractivity contribution < 1.29 is 19.0 Å². The zero-order valence-electron chi connectivity index (χ0n) is 25.4. The number of methoxy groups -OCH3 is 1. The molecule has 3 aliphatic rings. The summed E-state index contributed by atoms with van der Waals surface area (Å²) in [5.41, 5.74) is 7.51. The average Bonchev–Trinajstić information content (AvgIpc) is 3.49. The molecule has 216 valence electrons. The van der Waals surface area contributed by atoms with Gasteiger partial charge in [-0.1, -0.05) is 37.6 Å². The fourth-order valence-electron chi connectivity index (χ4n) is 6.49. The Morgan fingerprint density at radius 3 is 2.52 bits per heavy atom. The number of likely N-dealkylation sites (tertiary alicyclic amines) is 2. The largest absolute Gasteiger partial charge is 0.496 e. The Morgan fingerprint density at radius 2 is 1.85 bits per heavy atom. The third-order valence-electron chi connectivity index (χ3n) is 8.47. The van der Waals surface area contributed by atoms with E-state index in [9.17, 15) is 4.79 Å². The molecule has 0 radical (unpaired) electrons. The number of benzene rings is 2. The molecule has 5 rings (SSSR count). The van der Waals surface area contributed by atoms with Crippen LogP contribution in [0.25, 0.3) is 5.57 Å². The number of nitrogens with zero attached hydrogens (tertiary/aromatic N) is 2. The molecule has 2 heterocycles. The maximum Gasteiger partial charge on any atom is 0.410 e. The van der Waals surface area contributed by atoms with E-state index in [1.807, 2.05) is 25.7 Å². The first-order valence-electron chi connectivity index (χ1n) is 14.8. The van der Waals surface area contributed by atoms with Gasteiger partial charge in [-0.15, -0.1) is 0 Å². The summed E-state index contributed by atoms with van der Waals surface area (Å²) in [6.07, 6.45) is 4.02. The Kier molecular flexibility index (Phi) is 8.19. The highest BCUT2D eigenvalue weighted by Gasteiger charge is 2.46. The molecule has 2 fully saturated rings. The lowest BCUT2D eigenvalue weighted by Crippen LogP contribution is -2.50. The average molecular weight is 547 g/mol. The van der Waals surface area contributed by atoms with E-state index in [0.29, 0.717) is 18.6 Å². The second kappa shape index (κ2) is 11.5. The van der Waals surface area contributed by atoms with E-state index in [1.54, 1.807) is 7.11 Å². The zero-order chi connectivity index (χ0) is 28.6. The molecule has 6 nitrogen and oxygen atoms in total. The first kappa shape index (κ1) is 28.5. The van der Waals surface area contributed by atoms with Gasteiger partial charge in [0.25, 0.3) is 0 Å². The fourth-order valence-corrected chi connectivity index (χ4v) is 6.49. The van der Waals surface area contributed by atoms with Gasteiger partial charge in [-0.25, -0.2) is 4.79 Å². The number of carbonyl (C=O) groups is 1. The highest BCUT2D eigenvalue weighted by atomic mass is 16.6. The molecule has 2 atom stereocenters. The van der Waals surface area contributed by atoms with E-state index in [1.165, 1.54) is 27.8 Å². The summed E-state index contributed by atoms with van der Waals surface area (Å²) in [6.45, 7) is 15.7. The molecule has 0 unspecified atom stereocenters. The molecule has 2 saturated heterocycles. The number of piperazine rings is 1. The zero-order valence-corrected chi connectivity index (χ0v) is 25.4. The van der Waals surface area contributed by atoms with Crippen molar-refractivity contribution in [3.05, 3.63) is 64.2 Å². The van der Waals surface area contributed by atoms with Gasteiger partial charge in [-0.3, -0.25) is 4.90 Å². The van der Waals surface area contributed by atoms with E-state index >= 15 is 0 Å². The molecule has 2 aliphatic heterocycles. The minimum atomic E-state index is -0.452. The normalized spacial score (nSPS) is 20.8. The lowest BCUT2D eigenvalue weighted by atomic mass is 9.86. The monoisotopic (exact) mass is 546 g/mol. The third kappa shape index (κ3) is 6.33. The minimum Gasteiger partial charge on any atom is -0.496 e. The van der Waals surface area contributed by atoms with Crippen LogP contribution in [0.4, 0.5) is 4.79 Å². The van der Waals surface area contributed by atoms with Crippen molar-refractivity contribution in [3.63, 3.8) is 0 Å². The van der Waals surface area contributed by atoms with Crippen LogP contribution in [0.5, 0.6) is 11.5 Å². The molecule has 0 N–H and O–H groups in total. The molecule has 1 amide bonds. The van der Waals surface area contributed by atoms with Crippen LogP contribution in [0.1, 0.15) is 76.6 Å². The molecule has 0 aromatic heterocycles. The number of hydrogen-bond acceptors (Lipinski definition) is 5. The van der Waals surface area contributed by atoms with Gasteiger partial charge in [0.2, 0.25) is 0 Å². The second-order valence-electron chi connectivity index (χ2n) is 13.2. The summed E-state index contributed by atoms with van der Waals surface area (Å²) in [5.74, 6) is 2.41. The predicted octanol–water partition coefficient (Wildman–Crippen LogP) is 6.89. The summed E-state index contributed by atoms with van der Waals surface area (Å²) in [4.78, 5) is 17.2. The molecule has 40 heavy (non-hydrogen) atoms. The SMILES string of the molecule is COc1cc(CC(C)C)ccc1COc1ccc2c(c1)CCC(CN1C[C@@H]3C[C@H]1CN3C(=O)OC(C)(C)C)=C2C. The topological polar surface area (TPSA) is 51.2 Å². The highest BCUT2D eigenvalue weighted by Crippen LogP contribution is 2.37. The summed E-state index contributed by atoms with van der Waals surface area (Å²) in [6, 6.07) is 13.7. The first-order valence-corrected chi connectivity index (χ1v) is 14.8. The van der Waals surface area contributed by atoms with Gasteiger partial charge >= 0.3 is 6.09 Å². The number of aryl methyl sites for hydroxylation is 1. The Labute approximate surface area is 240 Å². The summed E-state index contributed by atoms with van der Waals surface area (Å²) in [7, 11) is 1.73. The van der Waals surface area contributed by atoms with Crippen LogP contribution in [0.3, 0.4) is 0 Å². The van der Waals surface area contributed by atoms with Gasteiger partial charge in [0.05, 0.1) is 7.11 Å². The third-order valence-corrected chi connectivity index (χ3v) is 8.47. The van der Waals surface area contributed by atoms with Crippen molar-refractivity contribution in [1.29, 1.82) is 0 Å². The van der Waals surface area contributed by atoms with Gasteiger partial charge in [0.15, 0.2) is 0 Å². The molecule has 1 aliphatic carbocycles. The molecular weight excluding hydrogens is 500 g/mol. The van der Waals surface area contributed by atoms with Gasteiger partial charge in [0, 0.05) is 37.3 Å². The predicted molar refractivity (Wildman–Crippen MR) is 160 cm³/mol. The summed E-state index contributed by atoms with van der Waals surface area (Å²) in [5, 5.41) is 0. The Balaban J connectivity index is 1.20. The summed E-state index contributed by atoms with van der Waals surface area (Å²) >= 11 is 0. The van der Waals surface area contributed by atoms with Crippen LogP contribution in [-0.4, -0.2) is 60.3 Å². The van der Waals surface area contributed by atoms with Crippen LogP contribution in [-0.2, 0) is 24.2 Å². The lowest BCUT2D eigenvalue weighted by molar-refractivity contribution is 0.0136. The molecule has 6 heteroatoms. The highest BCUT2D eigenvalue weighted by molar-refractivity contribution is 5.73. The molecule has 2 aromatic rings. The lowest BCUT2D eigenvalue weighted by Gasteiger charge is -2.36. The van der Waals surface area contributed by atoms with Crippen molar-refractivity contribution >= 4 is 11.7 Å². The summed E-state index contributed by atoms with van der Waals surface area (Å²) < 4.78 is 17.5. The molecular formula is C34H46N2O4. The number of amides is 1. The maximum absolute atomic E-state index is 12.6. The van der Waals surface area contributed by atoms with Crippen LogP contribution < -0.4 is 9.47 Å². The molecule has 2 aromatic carbocycles. The first-order chi connectivity index (χ1) is 19.0. The Bertz CT molecular complexity index is 1280. The molecule has 0 spiro atoms. The quantitative estimate of drug-likeness (QED) is 0.361. The number of allylic oxidation sites excluding steroid dienone is 1. The minimum absolute atomic E-state index is 0.166. The molecule has 2 bridgehead atoms. The van der Waals surface area contributed by atoms with Gasteiger partial charge in [0.1, 0.15) is 23.7 Å². The van der Waals surface area contributed by atoms with Crippen molar-refractivity contribution in [2.75, 3.05) is 26.7 Å². The van der Waals surface area contributed by atoms with Crippen molar-refractivity contribution in [3.8, 4) is 11.5 Å². The smallest absolute Gasteiger partial charge is 0.410 e. The number of ether oxygens (including phenoxy) is 3. The van der Waals surface area contributed by atoms with E-state index in [-0.39, 0.29) is 12.1 Å². The number of carbonyl (C=O) groups excluding carboxylic acids is 1. The molecule has 0 saturated carbocycles. The Hall–Kier alpha value is -2.99. The number of fused-ring (bicyclic) bond motifs is 3. The Morgan fingerprint density at radius 1 is 1.05 bits per heavy atom. The standard InChI is InChI=1S/C34H46N2O4/c1-22(2)14-24-8-9-27(32(15-24)38-7)21-39-30-12-13-31-23(3)26(11-10-25(31)16-30)18-35-19-29-17-28(35)20-36(29)33(37)40-34(4,5)6/h8-9,12-13,15-16,22,28-29H,10-11,14,17-21H2,1-7H3/t28-,29-/m0/s1. The van der Waals surface area contributed by atoms with E-state index in [4.69, 9.17) is 14.2 Å². The van der Waals surface area contributed by atoms with Crippen molar-refractivity contribution in [2.45, 2.75) is 91.5 Å². The van der Waals surface area contributed by atoms with Crippen LogP contribution in [0, 0.1) is 5.92 Å². The van der Waals surface area contributed by atoms with Crippen molar-refractivity contribution in [1.82, 2.24) is 9.80 Å². The van der Waals surface area contributed by atoms with Crippen molar-refractivity contribution in [2.24, 2.45) is 5.92 Å². The number of hydrogen-bond donors (Lipinski definition) is 0. The van der Waals surface area contributed by atoms with Gasteiger partial charge in [-0.2, -0.15) is 0 Å². The van der Waals surface area contributed by atoms with Gasteiger partial charge < -0.3 is 19.1 Å². The van der Waals surface area contributed by atoms with E-state index < -0.39 is 5.60 Å². The second-order valence-corrected chi connectivity index (χ2v) is 13.2. The van der Waals surface area contributed by atoms with E-state index in [2.05, 4.69) is 62.1 Å². The van der Waals surface area contributed by atoms with Crippen LogP contribution in [0.15, 0.2) is 42.0 Å². The van der Waals surface area contributed by atoms with Gasteiger partial charge in [-0.05, 0) is 99.8 Å². The number of rotatable bonds is 8. The van der Waals surface area contributed by atoms with Crippen LogP contribution in [0.2, 0.25) is 0 Å².